The highest BCUT2D eigenvalue weighted by molar-refractivity contribution is 8.03. The highest BCUT2D eigenvalue weighted by Gasteiger charge is 2.34. The monoisotopic (exact) mass is 476 g/mol. The van der Waals surface area contributed by atoms with E-state index >= 15 is 0 Å². The van der Waals surface area contributed by atoms with Crippen molar-refractivity contribution < 1.29 is 27.7 Å². The second-order valence-corrected chi connectivity index (χ2v) is 7.88. The summed E-state index contributed by atoms with van der Waals surface area (Å²) in [6, 6.07) is 12.0. The molecule has 8 nitrogen and oxygen atoms in total. The fourth-order valence-electron chi connectivity index (χ4n) is 3.24. The molecule has 1 aliphatic heterocycles. The van der Waals surface area contributed by atoms with Crippen LogP contribution in [0.15, 0.2) is 59.1 Å². The number of hydrogen-bond acceptors (Lipinski definition) is 6. The Bertz CT molecular complexity index is 1190. The summed E-state index contributed by atoms with van der Waals surface area (Å²) in [5.74, 6) is -2.38. The fourth-order valence-corrected chi connectivity index (χ4v) is 4.11. The number of alkyl halides is 3. The number of nitrogens with one attached hydrogen (secondary N) is 2. The Kier molecular flexibility index (Phi) is 7.03. The van der Waals surface area contributed by atoms with Gasteiger partial charge in [-0.3, -0.25) is 19.7 Å². The summed E-state index contributed by atoms with van der Waals surface area (Å²) in [7, 11) is 0. The first kappa shape index (κ1) is 23.8. The number of rotatable bonds is 6. The summed E-state index contributed by atoms with van der Waals surface area (Å²) in [5, 5.41) is 25.5. The van der Waals surface area contributed by atoms with Gasteiger partial charge in [0.05, 0.1) is 38.6 Å². The van der Waals surface area contributed by atoms with Gasteiger partial charge in [0.15, 0.2) is 0 Å². The Labute approximate surface area is 189 Å². The zero-order valence-electron chi connectivity index (χ0n) is 16.7. The number of halogens is 3. The summed E-state index contributed by atoms with van der Waals surface area (Å²) in [5.41, 5.74) is -1.13. The molecule has 0 saturated carbocycles. The zero-order valence-corrected chi connectivity index (χ0v) is 17.5. The molecule has 0 spiro atoms. The van der Waals surface area contributed by atoms with Crippen molar-refractivity contribution in [2.45, 2.75) is 18.5 Å². The molecule has 12 heteroatoms. The molecule has 0 saturated heterocycles. The molecule has 2 aromatic carbocycles. The first-order valence-electron chi connectivity index (χ1n) is 9.37. The Hall–Kier alpha value is -3.85. The zero-order chi connectivity index (χ0) is 24.2. The van der Waals surface area contributed by atoms with Crippen molar-refractivity contribution in [2.75, 3.05) is 11.1 Å². The molecular formula is C21H15F3N4O4S. The van der Waals surface area contributed by atoms with E-state index in [0.29, 0.717) is 5.56 Å². The quantitative estimate of drug-likeness (QED) is 0.472. The maximum Gasteiger partial charge on any atom is 0.418 e. The van der Waals surface area contributed by atoms with Gasteiger partial charge in [-0.25, -0.2) is 0 Å². The van der Waals surface area contributed by atoms with E-state index in [1.54, 1.807) is 6.07 Å². The van der Waals surface area contributed by atoms with Gasteiger partial charge in [-0.05, 0) is 17.7 Å². The highest BCUT2D eigenvalue weighted by atomic mass is 32.2. The Morgan fingerprint density at radius 2 is 2.00 bits per heavy atom. The second kappa shape index (κ2) is 9.74. The minimum Gasteiger partial charge on any atom is -0.325 e. The first-order chi connectivity index (χ1) is 15.6. The number of benzene rings is 2. The number of carbonyl (C=O) groups excluding carboxylic acids is 2. The van der Waals surface area contributed by atoms with Crippen LogP contribution in [0, 0.1) is 21.4 Å². The van der Waals surface area contributed by atoms with Crippen LogP contribution in [0.5, 0.6) is 0 Å². The molecule has 0 bridgehead atoms. The van der Waals surface area contributed by atoms with Crippen LogP contribution in [-0.2, 0) is 15.8 Å². The summed E-state index contributed by atoms with van der Waals surface area (Å²) in [6.45, 7) is 0. The van der Waals surface area contributed by atoms with Crippen molar-refractivity contribution in [2.24, 2.45) is 0 Å². The lowest BCUT2D eigenvalue weighted by atomic mass is 9.87. The number of carbonyl (C=O) groups is 2. The molecule has 1 unspecified atom stereocenters. The van der Waals surface area contributed by atoms with Crippen LogP contribution in [0.25, 0.3) is 0 Å². The van der Waals surface area contributed by atoms with E-state index in [9.17, 15) is 38.1 Å². The van der Waals surface area contributed by atoms with Gasteiger partial charge in [0.2, 0.25) is 11.8 Å². The van der Waals surface area contributed by atoms with Crippen LogP contribution in [-0.4, -0.2) is 22.5 Å². The van der Waals surface area contributed by atoms with E-state index in [1.165, 1.54) is 30.3 Å². The smallest absolute Gasteiger partial charge is 0.325 e. The van der Waals surface area contributed by atoms with E-state index < -0.39 is 40.1 Å². The van der Waals surface area contributed by atoms with Gasteiger partial charge in [0.25, 0.3) is 5.69 Å². The van der Waals surface area contributed by atoms with E-state index in [4.69, 9.17) is 0 Å². The molecule has 2 amide bonds. The number of amides is 2. The number of nitro groups is 1. The molecule has 1 atom stereocenters. The summed E-state index contributed by atoms with van der Waals surface area (Å²) >= 11 is 0.781. The maximum absolute atomic E-state index is 13.1. The third-order valence-electron chi connectivity index (χ3n) is 4.69. The van der Waals surface area contributed by atoms with Crippen LogP contribution in [0.1, 0.15) is 23.5 Å². The minimum atomic E-state index is -4.66. The third-order valence-corrected chi connectivity index (χ3v) is 5.71. The molecule has 1 heterocycles. The van der Waals surface area contributed by atoms with Gasteiger partial charge < -0.3 is 10.6 Å². The molecule has 1 aliphatic rings. The average molecular weight is 476 g/mol. The lowest BCUT2D eigenvalue weighted by Crippen LogP contribution is -2.31. The molecule has 2 aromatic rings. The number of anilines is 1. The van der Waals surface area contributed by atoms with Crippen molar-refractivity contribution in [1.82, 2.24) is 5.32 Å². The predicted octanol–water partition coefficient (Wildman–Crippen LogP) is 4.32. The van der Waals surface area contributed by atoms with Crippen LogP contribution in [0.4, 0.5) is 24.5 Å². The lowest BCUT2D eigenvalue weighted by Gasteiger charge is -2.25. The maximum atomic E-state index is 13.1. The van der Waals surface area contributed by atoms with Gasteiger partial charge in [-0.2, -0.15) is 18.4 Å². The molecule has 0 aromatic heterocycles. The minimum absolute atomic E-state index is 0.0736. The van der Waals surface area contributed by atoms with E-state index in [-0.39, 0.29) is 28.5 Å². The first-order valence-corrected chi connectivity index (χ1v) is 10.4. The topological polar surface area (TPSA) is 125 Å². The largest absolute Gasteiger partial charge is 0.418 e. The molecule has 170 valence electrons. The van der Waals surface area contributed by atoms with Gasteiger partial charge in [-0.15, -0.1) is 0 Å². The standard InChI is InChI=1S/C21H15F3N4O4S/c22-21(23,24)16-6-1-2-7-17(16)26-19(30)11-33-20-15(10-25)14(9-18(29)27-20)12-4-3-5-13(8-12)28(31)32/h1-8,14H,9,11H2,(H,26,30)(H,27,29). The van der Waals surface area contributed by atoms with Crippen LogP contribution < -0.4 is 10.6 Å². The summed E-state index contributed by atoms with van der Waals surface area (Å²) in [4.78, 5) is 35.0. The third kappa shape index (κ3) is 5.69. The highest BCUT2D eigenvalue weighted by Crippen LogP contribution is 2.37. The molecule has 0 fully saturated rings. The molecule has 0 radical (unpaired) electrons. The number of nitriles is 1. The van der Waals surface area contributed by atoms with E-state index in [1.807, 2.05) is 6.07 Å². The molecule has 3 rings (SSSR count). The SMILES string of the molecule is N#CC1=C(SCC(=O)Nc2ccccc2C(F)(F)F)NC(=O)CC1c1cccc([N+](=O)[O-])c1. The average Bonchev–Trinajstić information content (AvgIpc) is 2.77. The number of thioether (sulfide) groups is 1. The Morgan fingerprint density at radius 1 is 1.27 bits per heavy atom. The number of allylic oxidation sites excluding steroid dienone is 1. The van der Waals surface area contributed by atoms with Crippen molar-refractivity contribution in [3.05, 3.63) is 80.4 Å². The van der Waals surface area contributed by atoms with Gasteiger partial charge >= 0.3 is 6.18 Å². The number of para-hydroxylation sites is 1. The van der Waals surface area contributed by atoms with Crippen molar-refractivity contribution in [3.63, 3.8) is 0 Å². The number of hydrogen-bond donors (Lipinski definition) is 2. The molecule has 0 aliphatic carbocycles. The van der Waals surface area contributed by atoms with Gasteiger partial charge in [-0.1, -0.05) is 36.0 Å². The van der Waals surface area contributed by atoms with Crippen LogP contribution >= 0.6 is 11.8 Å². The van der Waals surface area contributed by atoms with Crippen LogP contribution in [0.3, 0.4) is 0 Å². The van der Waals surface area contributed by atoms with Crippen molar-refractivity contribution in [1.29, 1.82) is 5.26 Å². The summed E-state index contributed by atoms with van der Waals surface area (Å²) in [6.07, 6.45) is -4.78. The second-order valence-electron chi connectivity index (χ2n) is 6.89. The Balaban J connectivity index is 1.80. The van der Waals surface area contributed by atoms with Crippen molar-refractivity contribution in [3.8, 4) is 6.07 Å². The summed E-state index contributed by atoms with van der Waals surface area (Å²) < 4.78 is 39.3. The fraction of sp³-hybridized carbons (Fsp3) is 0.190. The molecule has 33 heavy (non-hydrogen) atoms. The number of nitro benzene ring substituents is 1. The van der Waals surface area contributed by atoms with E-state index in [2.05, 4.69) is 10.6 Å². The molecule has 2 N–H and O–H groups in total. The van der Waals surface area contributed by atoms with E-state index in [0.717, 1.165) is 23.9 Å². The Morgan fingerprint density at radius 3 is 2.67 bits per heavy atom. The number of nitrogens with zero attached hydrogens (tertiary/aromatic N) is 2. The van der Waals surface area contributed by atoms with Gasteiger partial charge in [0, 0.05) is 24.5 Å². The lowest BCUT2D eigenvalue weighted by molar-refractivity contribution is -0.384. The van der Waals surface area contributed by atoms with Crippen molar-refractivity contribution >= 4 is 35.0 Å². The number of non-ortho nitro benzene ring substituents is 1. The molecular weight excluding hydrogens is 461 g/mol. The van der Waals surface area contributed by atoms with Gasteiger partial charge in [0.1, 0.15) is 0 Å². The predicted molar refractivity (Wildman–Crippen MR) is 114 cm³/mol. The van der Waals surface area contributed by atoms with Crippen LogP contribution in [0.2, 0.25) is 0 Å². The normalized spacial score (nSPS) is 16.1.